The Bertz CT molecular complexity index is 1270. The van der Waals surface area contributed by atoms with Gasteiger partial charge in [-0.05, 0) is 72.7 Å². The lowest BCUT2D eigenvalue weighted by Crippen LogP contribution is -2.13. The second-order valence-corrected chi connectivity index (χ2v) is 7.28. The SMILES string of the molecule is CCOC(=O)c1ccc(NC(=O)/C(C#N)=C/c2ccc(OCc3ccc(C(=O)O)cc3)cc2)cc1. The molecule has 0 heterocycles. The summed E-state index contributed by atoms with van der Waals surface area (Å²) in [5.41, 5.74) is 2.36. The number of carboxylic acid groups (broad SMARTS) is 1. The number of esters is 1. The van der Waals surface area contributed by atoms with E-state index in [1.165, 1.54) is 30.3 Å². The van der Waals surface area contributed by atoms with E-state index in [0.717, 1.165) is 5.56 Å². The maximum atomic E-state index is 12.5. The Morgan fingerprint density at radius 2 is 1.57 bits per heavy atom. The number of nitriles is 1. The number of aromatic carboxylic acids is 1. The highest BCUT2D eigenvalue weighted by Gasteiger charge is 2.11. The molecule has 8 nitrogen and oxygen atoms in total. The first-order valence-corrected chi connectivity index (χ1v) is 10.6. The van der Waals surface area contributed by atoms with Crippen LogP contribution in [-0.4, -0.2) is 29.6 Å². The van der Waals surface area contributed by atoms with E-state index in [9.17, 15) is 19.6 Å². The summed E-state index contributed by atoms with van der Waals surface area (Å²) in [5.74, 6) is -1.44. The lowest BCUT2D eigenvalue weighted by Gasteiger charge is -2.08. The van der Waals surface area contributed by atoms with Crippen LogP contribution in [0.25, 0.3) is 6.08 Å². The molecule has 0 aliphatic carbocycles. The summed E-state index contributed by atoms with van der Waals surface area (Å²) in [7, 11) is 0. The molecule has 0 unspecified atom stereocenters. The minimum absolute atomic E-state index is 0.0911. The third-order valence-electron chi connectivity index (χ3n) is 4.82. The number of benzene rings is 3. The second-order valence-electron chi connectivity index (χ2n) is 7.28. The normalized spacial score (nSPS) is 10.7. The summed E-state index contributed by atoms with van der Waals surface area (Å²) in [4.78, 5) is 35.1. The summed E-state index contributed by atoms with van der Waals surface area (Å²) in [6.07, 6.45) is 1.46. The fourth-order valence-corrected chi connectivity index (χ4v) is 2.99. The number of hydrogen-bond acceptors (Lipinski definition) is 6. The molecular weight excluding hydrogens is 448 g/mol. The van der Waals surface area contributed by atoms with Crippen LogP contribution < -0.4 is 10.1 Å². The molecule has 176 valence electrons. The molecule has 3 aromatic rings. The van der Waals surface area contributed by atoms with Crippen LogP contribution in [0.4, 0.5) is 5.69 Å². The number of ether oxygens (including phenoxy) is 2. The molecule has 8 heteroatoms. The minimum atomic E-state index is -0.988. The third-order valence-corrected chi connectivity index (χ3v) is 4.82. The van der Waals surface area contributed by atoms with Crippen LogP contribution in [-0.2, 0) is 16.1 Å². The van der Waals surface area contributed by atoms with Gasteiger partial charge in [0.1, 0.15) is 24.0 Å². The Morgan fingerprint density at radius 3 is 2.14 bits per heavy atom. The van der Waals surface area contributed by atoms with Gasteiger partial charge in [0.15, 0.2) is 0 Å². The number of hydrogen-bond donors (Lipinski definition) is 2. The summed E-state index contributed by atoms with van der Waals surface area (Å²) >= 11 is 0. The van der Waals surface area contributed by atoms with Crippen LogP contribution in [0.1, 0.15) is 38.8 Å². The van der Waals surface area contributed by atoms with E-state index in [-0.39, 0.29) is 24.4 Å². The largest absolute Gasteiger partial charge is 0.489 e. The zero-order valence-corrected chi connectivity index (χ0v) is 18.9. The van der Waals surface area contributed by atoms with Gasteiger partial charge in [0, 0.05) is 5.69 Å². The smallest absolute Gasteiger partial charge is 0.338 e. The first-order chi connectivity index (χ1) is 16.9. The number of nitrogens with one attached hydrogen (secondary N) is 1. The Hall–Kier alpha value is -4.90. The molecule has 0 aromatic heterocycles. The number of carbonyl (C=O) groups excluding carboxylic acids is 2. The van der Waals surface area contributed by atoms with Gasteiger partial charge in [-0.1, -0.05) is 24.3 Å². The summed E-state index contributed by atoms with van der Waals surface area (Å²) in [6, 6.07) is 21.3. The maximum absolute atomic E-state index is 12.5. The fraction of sp³-hybridized carbons (Fsp3) is 0.111. The first-order valence-electron chi connectivity index (χ1n) is 10.6. The molecule has 0 saturated carbocycles. The number of carboxylic acids is 1. The quantitative estimate of drug-likeness (QED) is 0.264. The van der Waals surface area contributed by atoms with E-state index < -0.39 is 17.8 Å². The van der Waals surface area contributed by atoms with Crippen LogP contribution in [0.15, 0.2) is 78.4 Å². The van der Waals surface area contributed by atoms with Crippen molar-refractivity contribution < 1.29 is 29.0 Å². The molecule has 0 spiro atoms. The van der Waals surface area contributed by atoms with Gasteiger partial charge >= 0.3 is 11.9 Å². The Kier molecular flexibility index (Phi) is 8.35. The third kappa shape index (κ3) is 7.04. The maximum Gasteiger partial charge on any atom is 0.338 e. The van der Waals surface area contributed by atoms with Gasteiger partial charge in [0.25, 0.3) is 5.91 Å². The average molecular weight is 470 g/mol. The van der Waals surface area contributed by atoms with E-state index in [0.29, 0.717) is 22.6 Å². The monoisotopic (exact) mass is 470 g/mol. The Balaban J connectivity index is 1.60. The first kappa shape index (κ1) is 24.7. The summed E-state index contributed by atoms with van der Waals surface area (Å²) in [5, 5.41) is 21.0. The number of rotatable bonds is 9. The number of anilines is 1. The lowest BCUT2D eigenvalue weighted by atomic mass is 10.1. The van der Waals surface area contributed by atoms with Crippen LogP contribution in [0, 0.1) is 11.3 Å². The van der Waals surface area contributed by atoms with Gasteiger partial charge in [-0.15, -0.1) is 0 Å². The van der Waals surface area contributed by atoms with Gasteiger partial charge in [0.2, 0.25) is 0 Å². The van der Waals surface area contributed by atoms with Gasteiger partial charge < -0.3 is 19.9 Å². The van der Waals surface area contributed by atoms with E-state index >= 15 is 0 Å². The molecule has 35 heavy (non-hydrogen) atoms. The molecule has 0 aliphatic rings. The molecule has 1 amide bonds. The zero-order valence-electron chi connectivity index (χ0n) is 18.9. The molecule has 0 saturated heterocycles. The molecule has 0 aliphatic heterocycles. The van der Waals surface area contributed by atoms with Crippen molar-refractivity contribution in [1.82, 2.24) is 0 Å². The highest BCUT2D eigenvalue weighted by atomic mass is 16.5. The van der Waals surface area contributed by atoms with Crippen molar-refractivity contribution in [3.8, 4) is 11.8 Å². The van der Waals surface area contributed by atoms with Crippen LogP contribution in [0.5, 0.6) is 5.75 Å². The van der Waals surface area contributed by atoms with E-state index in [1.54, 1.807) is 55.5 Å². The van der Waals surface area contributed by atoms with Gasteiger partial charge in [0.05, 0.1) is 17.7 Å². The van der Waals surface area contributed by atoms with Crippen LogP contribution in [0.3, 0.4) is 0 Å². The average Bonchev–Trinajstić information content (AvgIpc) is 2.87. The molecule has 0 radical (unpaired) electrons. The van der Waals surface area contributed by atoms with Gasteiger partial charge in [-0.2, -0.15) is 5.26 Å². The highest BCUT2D eigenvalue weighted by Crippen LogP contribution is 2.18. The zero-order chi connectivity index (χ0) is 25.2. The molecule has 0 atom stereocenters. The predicted octanol–water partition coefficient (Wildman–Crippen LogP) is 4.69. The fourth-order valence-electron chi connectivity index (χ4n) is 2.99. The Morgan fingerprint density at radius 1 is 0.943 bits per heavy atom. The highest BCUT2D eigenvalue weighted by molar-refractivity contribution is 6.09. The standard InChI is InChI=1S/C27H22N2O6/c1-2-34-27(33)21-9-11-23(12-10-21)29-25(30)22(16-28)15-18-5-13-24(14-6-18)35-17-19-3-7-20(8-4-19)26(31)32/h3-15H,2,17H2,1H3,(H,29,30)(H,31,32)/b22-15+. The predicted molar refractivity (Wildman–Crippen MR) is 129 cm³/mol. The molecule has 0 bridgehead atoms. The minimum Gasteiger partial charge on any atom is -0.489 e. The van der Waals surface area contributed by atoms with Crippen molar-refractivity contribution in [1.29, 1.82) is 5.26 Å². The topological polar surface area (TPSA) is 126 Å². The molecular formula is C27H22N2O6. The number of nitrogens with zero attached hydrogens (tertiary/aromatic N) is 1. The van der Waals surface area contributed by atoms with Crippen molar-refractivity contribution in [3.05, 3.63) is 101 Å². The van der Waals surface area contributed by atoms with E-state index in [4.69, 9.17) is 14.6 Å². The van der Waals surface area contributed by atoms with Crippen molar-refractivity contribution in [2.75, 3.05) is 11.9 Å². The van der Waals surface area contributed by atoms with Crippen molar-refractivity contribution in [2.24, 2.45) is 0 Å². The summed E-state index contributed by atoms with van der Waals surface area (Å²) in [6.45, 7) is 2.24. The van der Waals surface area contributed by atoms with E-state index in [2.05, 4.69) is 5.32 Å². The molecule has 0 fully saturated rings. The van der Waals surface area contributed by atoms with Crippen molar-refractivity contribution >= 4 is 29.6 Å². The molecule has 2 N–H and O–H groups in total. The lowest BCUT2D eigenvalue weighted by molar-refractivity contribution is -0.112. The van der Waals surface area contributed by atoms with Crippen molar-refractivity contribution in [3.63, 3.8) is 0 Å². The van der Waals surface area contributed by atoms with Crippen molar-refractivity contribution in [2.45, 2.75) is 13.5 Å². The van der Waals surface area contributed by atoms with Gasteiger partial charge in [-0.25, -0.2) is 9.59 Å². The second kappa shape index (κ2) is 11.8. The Labute approximate surface area is 202 Å². The van der Waals surface area contributed by atoms with E-state index in [1.807, 2.05) is 6.07 Å². The summed E-state index contributed by atoms with van der Waals surface area (Å²) < 4.78 is 10.6. The molecule has 3 aromatic carbocycles. The molecule has 3 rings (SSSR count). The van der Waals surface area contributed by atoms with Crippen LogP contribution in [0.2, 0.25) is 0 Å². The number of amides is 1. The van der Waals surface area contributed by atoms with Gasteiger partial charge in [-0.3, -0.25) is 4.79 Å². The van der Waals surface area contributed by atoms with Crippen LogP contribution >= 0.6 is 0 Å². The number of carbonyl (C=O) groups is 3.